The molecule has 2 N–H and O–H groups in total. The van der Waals surface area contributed by atoms with Gasteiger partial charge in [-0.05, 0) is 24.3 Å². The fraction of sp³-hybridized carbons (Fsp3) is 0. The molecule has 86 valence electrons. The van der Waals surface area contributed by atoms with Crippen molar-refractivity contribution in [2.45, 2.75) is 0 Å². The number of hydrogen-bond donors (Lipinski definition) is 2. The Balaban J connectivity index is 1.82. The largest absolute Gasteiger partial charge is 0.617 e. The maximum atomic E-state index is 10.2. The number of para-hydroxylation sites is 3. The molecule has 0 saturated heterocycles. The first-order valence-corrected chi connectivity index (χ1v) is 6.76. The molecule has 0 aliphatic carbocycles. The van der Waals surface area contributed by atoms with Gasteiger partial charge in [-0.1, -0.05) is 30.3 Å². The Bertz CT molecular complexity index is 507. The van der Waals surface area contributed by atoms with Crippen LogP contribution in [0.5, 0.6) is 11.5 Å². The fourth-order valence-electron chi connectivity index (χ4n) is 1.61. The van der Waals surface area contributed by atoms with Gasteiger partial charge in [-0.2, -0.15) is 9.98 Å². The summed E-state index contributed by atoms with van der Waals surface area (Å²) in [4.78, 5) is 10.2. The molecule has 2 aromatic carbocycles. The zero-order valence-electron chi connectivity index (χ0n) is 8.91. The van der Waals surface area contributed by atoms with Crippen LogP contribution in [0.4, 0.5) is 5.69 Å². The second kappa shape index (κ2) is 3.91. The first-order valence-electron chi connectivity index (χ1n) is 5.19. The van der Waals surface area contributed by atoms with Gasteiger partial charge in [0.2, 0.25) is 11.5 Å². The van der Waals surface area contributed by atoms with E-state index in [0.717, 1.165) is 5.69 Å². The van der Waals surface area contributed by atoms with Crippen LogP contribution >= 0.6 is 8.09 Å². The van der Waals surface area contributed by atoms with Gasteiger partial charge in [-0.15, -0.1) is 0 Å². The van der Waals surface area contributed by atoms with Gasteiger partial charge in [0.05, 0.1) is 5.69 Å². The van der Waals surface area contributed by atoms with Crippen molar-refractivity contribution in [1.82, 2.24) is 0 Å². The highest BCUT2D eigenvalue weighted by Crippen LogP contribution is 2.63. The first kappa shape index (κ1) is 10.4. The van der Waals surface area contributed by atoms with E-state index in [1.165, 1.54) is 0 Å². The third-order valence-corrected chi connectivity index (χ3v) is 3.77. The van der Waals surface area contributed by atoms with E-state index in [1.807, 2.05) is 42.5 Å². The summed E-state index contributed by atoms with van der Waals surface area (Å²) in [6.45, 7) is 0. The summed E-state index contributed by atoms with van der Waals surface area (Å²) in [6.07, 6.45) is 0. The quantitative estimate of drug-likeness (QED) is 0.801. The number of rotatable bonds is 2. The molecule has 0 radical (unpaired) electrons. The molecule has 2 aromatic rings. The SMILES string of the molecule is O[P+]1(Nc2ccccc2)Oc2ccccc2O1. The number of anilines is 1. The molecular weight excluding hydrogens is 237 g/mol. The molecule has 3 rings (SSSR count). The van der Waals surface area contributed by atoms with Crippen molar-refractivity contribution in [3.8, 4) is 11.5 Å². The molecule has 1 aliphatic heterocycles. The Morgan fingerprint density at radius 1 is 0.824 bits per heavy atom. The van der Waals surface area contributed by atoms with E-state index < -0.39 is 8.09 Å². The van der Waals surface area contributed by atoms with Gasteiger partial charge in [0.25, 0.3) is 0 Å². The number of fused-ring (bicyclic) bond motifs is 1. The molecule has 1 aliphatic rings. The molecular formula is C12H11NO3P+. The van der Waals surface area contributed by atoms with Crippen molar-refractivity contribution in [1.29, 1.82) is 0 Å². The molecule has 5 heteroatoms. The third kappa shape index (κ3) is 2.05. The summed E-state index contributed by atoms with van der Waals surface area (Å²) in [5.41, 5.74) is 0.760. The van der Waals surface area contributed by atoms with Crippen molar-refractivity contribution in [3.63, 3.8) is 0 Å². The van der Waals surface area contributed by atoms with Crippen molar-refractivity contribution in [2.75, 3.05) is 5.09 Å². The van der Waals surface area contributed by atoms with Crippen LogP contribution in [0.1, 0.15) is 0 Å². The lowest BCUT2D eigenvalue weighted by Crippen LogP contribution is -2.10. The van der Waals surface area contributed by atoms with Crippen LogP contribution in [0, 0.1) is 0 Å². The Morgan fingerprint density at radius 3 is 1.94 bits per heavy atom. The third-order valence-electron chi connectivity index (χ3n) is 2.34. The zero-order chi connectivity index (χ0) is 11.7. The van der Waals surface area contributed by atoms with E-state index in [9.17, 15) is 4.89 Å². The second-order valence-electron chi connectivity index (χ2n) is 3.63. The molecule has 1 heterocycles. The predicted octanol–water partition coefficient (Wildman–Crippen LogP) is 3.24. The van der Waals surface area contributed by atoms with Gasteiger partial charge < -0.3 is 0 Å². The van der Waals surface area contributed by atoms with E-state index >= 15 is 0 Å². The van der Waals surface area contributed by atoms with Crippen molar-refractivity contribution >= 4 is 13.8 Å². The van der Waals surface area contributed by atoms with E-state index in [2.05, 4.69) is 5.09 Å². The standard InChI is InChI=1S/C12H11NO3P/c14-17(13-10-6-2-1-3-7-10)15-11-8-4-5-9-12(11)16-17/h1-9,13-14H/q+1. The van der Waals surface area contributed by atoms with Gasteiger partial charge in [-0.3, -0.25) is 9.05 Å². The second-order valence-corrected chi connectivity index (χ2v) is 5.26. The van der Waals surface area contributed by atoms with E-state index in [0.29, 0.717) is 11.5 Å². The molecule has 17 heavy (non-hydrogen) atoms. The monoisotopic (exact) mass is 248 g/mol. The number of hydrogen-bond acceptors (Lipinski definition) is 4. The van der Waals surface area contributed by atoms with Crippen LogP contribution in [-0.2, 0) is 0 Å². The lowest BCUT2D eigenvalue weighted by atomic mass is 10.3. The zero-order valence-corrected chi connectivity index (χ0v) is 9.80. The Kier molecular flexibility index (Phi) is 2.39. The minimum absolute atomic E-state index is 0.562. The fourth-order valence-corrected chi connectivity index (χ4v) is 3.05. The molecule has 0 atom stereocenters. The molecule has 0 fully saturated rings. The van der Waals surface area contributed by atoms with E-state index in [4.69, 9.17) is 9.05 Å². The van der Waals surface area contributed by atoms with Crippen molar-refractivity contribution in [3.05, 3.63) is 54.6 Å². The molecule has 0 aromatic heterocycles. The summed E-state index contributed by atoms with van der Waals surface area (Å²) < 4.78 is 10.9. The normalized spacial score (nSPS) is 15.6. The van der Waals surface area contributed by atoms with Crippen LogP contribution in [0.25, 0.3) is 0 Å². The summed E-state index contributed by atoms with van der Waals surface area (Å²) in [7, 11) is -3.07. The topological polar surface area (TPSA) is 50.7 Å². The summed E-state index contributed by atoms with van der Waals surface area (Å²) in [6, 6.07) is 16.5. The highest BCUT2D eigenvalue weighted by Gasteiger charge is 2.52. The summed E-state index contributed by atoms with van der Waals surface area (Å²) >= 11 is 0. The maximum absolute atomic E-state index is 10.2. The van der Waals surface area contributed by atoms with E-state index in [-0.39, 0.29) is 0 Å². The average Bonchev–Trinajstić information content (AvgIpc) is 2.66. The van der Waals surface area contributed by atoms with Crippen LogP contribution < -0.4 is 14.1 Å². The lowest BCUT2D eigenvalue weighted by molar-refractivity contribution is 0.400. The van der Waals surface area contributed by atoms with Crippen LogP contribution in [0.2, 0.25) is 0 Å². The van der Waals surface area contributed by atoms with Gasteiger partial charge in [-0.25, -0.2) is 0 Å². The highest BCUT2D eigenvalue weighted by molar-refractivity contribution is 7.63. The van der Waals surface area contributed by atoms with Crippen LogP contribution in [0.3, 0.4) is 0 Å². The lowest BCUT2D eigenvalue weighted by Gasteiger charge is -2.10. The summed E-state index contributed by atoms with van der Waals surface area (Å²) in [5.74, 6) is 1.12. The number of benzene rings is 2. The first-order chi connectivity index (χ1) is 8.25. The Hall–Kier alpha value is -1.77. The van der Waals surface area contributed by atoms with Gasteiger partial charge >= 0.3 is 8.09 Å². The Labute approximate surface area is 99.5 Å². The van der Waals surface area contributed by atoms with Gasteiger partial charge in [0.1, 0.15) is 0 Å². The molecule has 0 bridgehead atoms. The summed E-state index contributed by atoms with van der Waals surface area (Å²) in [5, 5.41) is 2.89. The smallest absolute Gasteiger partial charge is 0.255 e. The maximum Gasteiger partial charge on any atom is 0.617 e. The minimum atomic E-state index is -3.07. The van der Waals surface area contributed by atoms with Crippen LogP contribution in [-0.4, -0.2) is 4.89 Å². The minimum Gasteiger partial charge on any atom is -0.255 e. The van der Waals surface area contributed by atoms with Gasteiger partial charge in [0.15, 0.2) is 0 Å². The molecule has 0 unspecified atom stereocenters. The molecule has 4 nitrogen and oxygen atoms in total. The van der Waals surface area contributed by atoms with E-state index in [1.54, 1.807) is 12.1 Å². The van der Waals surface area contributed by atoms with Crippen LogP contribution in [0.15, 0.2) is 54.6 Å². The van der Waals surface area contributed by atoms with Crippen molar-refractivity contribution < 1.29 is 13.9 Å². The van der Waals surface area contributed by atoms with Gasteiger partial charge in [0, 0.05) is 0 Å². The predicted molar refractivity (Wildman–Crippen MR) is 66.9 cm³/mol. The molecule has 0 amide bonds. The van der Waals surface area contributed by atoms with Crippen molar-refractivity contribution in [2.24, 2.45) is 0 Å². The highest BCUT2D eigenvalue weighted by atomic mass is 31.2. The molecule has 0 spiro atoms. The molecule has 0 saturated carbocycles. The Morgan fingerprint density at radius 2 is 1.35 bits per heavy atom. The average molecular weight is 248 g/mol. The number of nitrogens with one attached hydrogen (secondary N) is 1.